The fourth-order valence-electron chi connectivity index (χ4n) is 0.927. The summed E-state index contributed by atoms with van der Waals surface area (Å²) in [6.07, 6.45) is 0. The summed E-state index contributed by atoms with van der Waals surface area (Å²) in [6, 6.07) is 5.10. The number of nitrogens with one attached hydrogen (secondary N) is 1. The van der Waals surface area contributed by atoms with Gasteiger partial charge in [0.05, 0.1) is 10.0 Å². The molecule has 1 aromatic carbocycles. The van der Waals surface area contributed by atoms with E-state index in [1.807, 2.05) is 0 Å². The minimum atomic E-state index is -0.961. The molecule has 0 aliphatic rings. The zero-order valence-corrected chi connectivity index (χ0v) is 8.95. The Morgan fingerprint density at radius 3 is 2.31 bits per heavy atom. The fourth-order valence-corrected chi connectivity index (χ4v) is 1.23. The number of halogens is 2. The van der Waals surface area contributed by atoms with Gasteiger partial charge in [-0.15, -0.1) is 0 Å². The van der Waals surface area contributed by atoms with Crippen molar-refractivity contribution in [3.63, 3.8) is 0 Å². The standard InChI is InChI=1S/C9H11Cl2NO/c1-9(2,13)12-6-3-4-7(10)8(11)5-6/h3-5,12-13H,1-2H3. The molecule has 0 saturated carbocycles. The third-order valence-electron chi connectivity index (χ3n) is 1.37. The normalized spacial score (nSPS) is 11.5. The molecule has 0 saturated heterocycles. The van der Waals surface area contributed by atoms with Gasteiger partial charge in [-0.3, -0.25) is 0 Å². The number of benzene rings is 1. The van der Waals surface area contributed by atoms with Gasteiger partial charge in [-0.1, -0.05) is 23.2 Å². The molecule has 0 aliphatic heterocycles. The van der Waals surface area contributed by atoms with Crippen LogP contribution in [0.3, 0.4) is 0 Å². The maximum absolute atomic E-state index is 9.44. The molecule has 1 rings (SSSR count). The molecule has 0 aromatic heterocycles. The monoisotopic (exact) mass is 219 g/mol. The molecule has 2 nitrogen and oxygen atoms in total. The molecule has 0 atom stereocenters. The van der Waals surface area contributed by atoms with Crippen molar-refractivity contribution in [3.8, 4) is 0 Å². The molecule has 0 heterocycles. The molecule has 4 heteroatoms. The molecule has 1 aromatic rings. The van der Waals surface area contributed by atoms with Crippen LogP contribution in [-0.2, 0) is 0 Å². The van der Waals surface area contributed by atoms with E-state index >= 15 is 0 Å². The summed E-state index contributed by atoms with van der Waals surface area (Å²) >= 11 is 11.5. The predicted molar refractivity (Wildman–Crippen MR) is 56.4 cm³/mol. The molecule has 13 heavy (non-hydrogen) atoms. The van der Waals surface area contributed by atoms with Crippen LogP contribution in [0.5, 0.6) is 0 Å². The largest absolute Gasteiger partial charge is 0.372 e. The van der Waals surface area contributed by atoms with Crippen molar-refractivity contribution in [2.24, 2.45) is 0 Å². The second kappa shape index (κ2) is 3.74. The van der Waals surface area contributed by atoms with E-state index in [0.29, 0.717) is 10.0 Å². The molecule has 0 amide bonds. The van der Waals surface area contributed by atoms with Crippen molar-refractivity contribution >= 4 is 28.9 Å². The van der Waals surface area contributed by atoms with E-state index in [1.54, 1.807) is 32.0 Å². The van der Waals surface area contributed by atoms with Crippen molar-refractivity contribution in [2.75, 3.05) is 5.32 Å². The van der Waals surface area contributed by atoms with E-state index < -0.39 is 5.72 Å². The van der Waals surface area contributed by atoms with Gasteiger partial charge < -0.3 is 10.4 Å². The summed E-state index contributed by atoms with van der Waals surface area (Å²) in [5.74, 6) is 0. The average molecular weight is 220 g/mol. The van der Waals surface area contributed by atoms with Crippen molar-refractivity contribution in [2.45, 2.75) is 19.6 Å². The van der Waals surface area contributed by atoms with Crippen LogP contribution in [0, 0.1) is 0 Å². The van der Waals surface area contributed by atoms with E-state index in [2.05, 4.69) is 5.32 Å². The SMILES string of the molecule is CC(C)(O)Nc1ccc(Cl)c(Cl)c1. The summed E-state index contributed by atoms with van der Waals surface area (Å²) in [6.45, 7) is 3.30. The number of aliphatic hydroxyl groups is 1. The molecular weight excluding hydrogens is 209 g/mol. The molecule has 0 fully saturated rings. The third kappa shape index (κ3) is 3.43. The van der Waals surface area contributed by atoms with Crippen LogP contribution in [0.2, 0.25) is 10.0 Å². The average Bonchev–Trinajstić information content (AvgIpc) is 1.94. The van der Waals surface area contributed by atoms with Crippen molar-refractivity contribution in [1.82, 2.24) is 0 Å². The fraction of sp³-hybridized carbons (Fsp3) is 0.333. The summed E-state index contributed by atoms with van der Waals surface area (Å²) in [5.41, 5.74) is -0.223. The van der Waals surface area contributed by atoms with Gasteiger partial charge in [0, 0.05) is 5.69 Å². The van der Waals surface area contributed by atoms with E-state index in [1.165, 1.54) is 0 Å². The summed E-state index contributed by atoms with van der Waals surface area (Å²) in [5, 5.41) is 13.3. The first-order valence-electron chi connectivity index (χ1n) is 3.84. The van der Waals surface area contributed by atoms with E-state index in [9.17, 15) is 5.11 Å². The highest BCUT2D eigenvalue weighted by atomic mass is 35.5. The lowest BCUT2D eigenvalue weighted by Gasteiger charge is -2.20. The Kier molecular flexibility index (Phi) is 3.06. The summed E-state index contributed by atoms with van der Waals surface area (Å²) in [7, 11) is 0. The van der Waals surface area contributed by atoms with Crippen LogP contribution < -0.4 is 5.32 Å². The van der Waals surface area contributed by atoms with E-state index in [4.69, 9.17) is 23.2 Å². The summed E-state index contributed by atoms with van der Waals surface area (Å²) in [4.78, 5) is 0. The first kappa shape index (κ1) is 10.6. The van der Waals surface area contributed by atoms with Gasteiger partial charge in [0.15, 0.2) is 0 Å². The Morgan fingerprint density at radius 2 is 1.85 bits per heavy atom. The van der Waals surface area contributed by atoms with Gasteiger partial charge in [-0.25, -0.2) is 0 Å². The lowest BCUT2D eigenvalue weighted by atomic mass is 10.2. The minimum absolute atomic E-state index is 0.468. The van der Waals surface area contributed by atoms with Gasteiger partial charge >= 0.3 is 0 Å². The number of hydrogen-bond donors (Lipinski definition) is 2. The molecule has 0 radical (unpaired) electrons. The zero-order chi connectivity index (χ0) is 10.1. The Morgan fingerprint density at radius 1 is 1.23 bits per heavy atom. The lowest BCUT2D eigenvalue weighted by molar-refractivity contribution is 0.111. The first-order chi connectivity index (χ1) is 5.88. The Hall–Kier alpha value is -0.440. The summed E-state index contributed by atoms with van der Waals surface area (Å²) < 4.78 is 0. The Bertz CT molecular complexity index is 307. The molecule has 0 spiro atoms. The van der Waals surface area contributed by atoms with Gasteiger partial charge in [0.25, 0.3) is 0 Å². The van der Waals surface area contributed by atoms with Gasteiger partial charge in [0.1, 0.15) is 5.72 Å². The Balaban J connectivity index is 2.86. The van der Waals surface area contributed by atoms with Crippen LogP contribution in [0.4, 0.5) is 5.69 Å². The molecule has 0 aliphatic carbocycles. The highest BCUT2D eigenvalue weighted by molar-refractivity contribution is 6.42. The second-order valence-electron chi connectivity index (χ2n) is 3.31. The Labute approximate surface area is 87.5 Å². The topological polar surface area (TPSA) is 32.3 Å². The van der Waals surface area contributed by atoms with Gasteiger partial charge in [-0.2, -0.15) is 0 Å². The molecule has 72 valence electrons. The van der Waals surface area contributed by atoms with E-state index in [0.717, 1.165) is 5.69 Å². The predicted octanol–water partition coefficient (Wildman–Crippen LogP) is 3.13. The number of rotatable bonds is 2. The smallest absolute Gasteiger partial charge is 0.129 e. The van der Waals surface area contributed by atoms with Crippen molar-refractivity contribution in [3.05, 3.63) is 28.2 Å². The van der Waals surface area contributed by atoms with Crippen LogP contribution in [0.25, 0.3) is 0 Å². The molecule has 0 unspecified atom stereocenters. The van der Waals surface area contributed by atoms with Crippen molar-refractivity contribution < 1.29 is 5.11 Å². The molecule has 0 bridgehead atoms. The third-order valence-corrected chi connectivity index (χ3v) is 2.11. The highest BCUT2D eigenvalue weighted by Crippen LogP contribution is 2.26. The quantitative estimate of drug-likeness (QED) is 0.750. The second-order valence-corrected chi connectivity index (χ2v) is 4.13. The number of hydrogen-bond acceptors (Lipinski definition) is 2. The number of anilines is 1. The maximum atomic E-state index is 9.44. The van der Waals surface area contributed by atoms with Gasteiger partial charge in [0.2, 0.25) is 0 Å². The van der Waals surface area contributed by atoms with E-state index in [-0.39, 0.29) is 0 Å². The minimum Gasteiger partial charge on any atom is -0.372 e. The van der Waals surface area contributed by atoms with Crippen LogP contribution in [-0.4, -0.2) is 10.8 Å². The first-order valence-corrected chi connectivity index (χ1v) is 4.60. The lowest BCUT2D eigenvalue weighted by Crippen LogP contribution is -2.29. The van der Waals surface area contributed by atoms with Crippen LogP contribution in [0.1, 0.15) is 13.8 Å². The van der Waals surface area contributed by atoms with Crippen LogP contribution >= 0.6 is 23.2 Å². The maximum Gasteiger partial charge on any atom is 0.129 e. The van der Waals surface area contributed by atoms with Gasteiger partial charge in [-0.05, 0) is 32.0 Å². The highest BCUT2D eigenvalue weighted by Gasteiger charge is 2.11. The molecular formula is C9H11Cl2NO. The van der Waals surface area contributed by atoms with Crippen LogP contribution in [0.15, 0.2) is 18.2 Å². The molecule has 2 N–H and O–H groups in total. The zero-order valence-electron chi connectivity index (χ0n) is 7.44. The van der Waals surface area contributed by atoms with Crippen molar-refractivity contribution in [1.29, 1.82) is 0 Å².